The smallest absolute Gasteiger partial charge is 0.249 e. The maximum absolute atomic E-state index is 12.7. The normalized spacial score (nSPS) is 42.9. The molecule has 2 aliphatic heterocycles. The maximum atomic E-state index is 12.7. The minimum atomic E-state index is -1.61. The third-order valence-corrected chi connectivity index (χ3v) is 8.20. The molecule has 16 atom stereocenters. The monoisotopic (exact) mass is 641 g/mol. The molecule has 19 N–H and O–H groups in total. The van der Waals surface area contributed by atoms with Crippen molar-refractivity contribution in [2.24, 2.45) is 28.7 Å². The van der Waals surface area contributed by atoms with E-state index in [2.05, 4.69) is 10.6 Å². The van der Waals surface area contributed by atoms with Crippen LogP contribution in [0.4, 0.5) is 0 Å². The van der Waals surface area contributed by atoms with Crippen molar-refractivity contribution in [2.75, 3.05) is 32.8 Å². The third kappa shape index (κ3) is 9.20. The van der Waals surface area contributed by atoms with E-state index in [0.29, 0.717) is 0 Å². The molecule has 0 aromatic rings. The molecule has 2 saturated heterocycles. The molecule has 0 bridgehead atoms. The van der Waals surface area contributed by atoms with Gasteiger partial charge in [-0.05, 0) is 25.8 Å². The highest BCUT2D eigenvalue weighted by Crippen LogP contribution is 2.31. The van der Waals surface area contributed by atoms with Gasteiger partial charge in [-0.1, -0.05) is 0 Å². The Labute approximate surface area is 254 Å². The van der Waals surface area contributed by atoms with Crippen LogP contribution in [0.2, 0.25) is 0 Å². The van der Waals surface area contributed by atoms with Gasteiger partial charge in [0.15, 0.2) is 12.6 Å². The zero-order valence-electron chi connectivity index (χ0n) is 24.5. The number of hydrogen-bond acceptors (Lipinski definition) is 18. The summed E-state index contributed by atoms with van der Waals surface area (Å²) in [4.78, 5) is 12.7. The van der Waals surface area contributed by atoms with Crippen LogP contribution in [0.3, 0.4) is 0 Å². The van der Waals surface area contributed by atoms with Crippen LogP contribution < -0.4 is 39.3 Å². The summed E-state index contributed by atoms with van der Waals surface area (Å²) in [5, 5.41) is 77.4. The van der Waals surface area contributed by atoms with Crippen molar-refractivity contribution < 1.29 is 59.5 Å². The van der Waals surface area contributed by atoms with Crippen molar-refractivity contribution in [2.45, 2.75) is 117 Å². The molecule has 3 rings (SSSR count). The highest BCUT2D eigenvalue weighted by Gasteiger charge is 2.51. The summed E-state index contributed by atoms with van der Waals surface area (Å²) in [6, 6.07) is -4.59. The second-order valence-corrected chi connectivity index (χ2v) is 11.7. The van der Waals surface area contributed by atoms with Crippen LogP contribution in [0.15, 0.2) is 0 Å². The van der Waals surface area contributed by atoms with Gasteiger partial charge in [0.25, 0.3) is 0 Å². The van der Waals surface area contributed by atoms with Gasteiger partial charge in [-0.3, -0.25) is 4.79 Å². The lowest BCUT2D eigenvalue weighted by molar-refractivity contribution is -0.316. The second-order valence-electron chi connectivity index (χ2n) is 11.7. The summed E-state index contributed by atoms with van der Waals surface area (Å²) in [5.74, 6) is -0.804. The largest absolute Gasteiger partial charge is 0.395 e. The van der Waals surface area contributed by atoms with Gasteiger partial charge >= 0.3 is 0 Å². The van der Waals surface area contributed by atoms with E-state index in [1.165, 1.54) is 0 Å². The van der Waals surface area contributed by atoms with Gasteiger partial charge in [-0.2, -0.15) is 0 Å². The Morgan fingerprint density at radius 1 is 0.909 bits per heavy atom. The summed E-state index contributed by atoms with van der Waals surface area (Å²) >= 11 is 0. The number of rotatable bonds is 14. The molecule has 0 aromatic heterocycles. The standard InChI is InChI=1S/C25H51N7O12/c26-2-1-13(35)23(40)32-12-3-10(28)21(20(39)22(12)44-25-19(38)17(30)18(37)16(8-34)42-25)43-24-11(29)4-14(36)15(41-24)6-31-5-9(27)7-33/h9-22,24-25,31,33-39H,1-8,26-30H2,(H,32,40)/t9?,10-,11+,12+,13-,14-,15+,16+,17-,18+,19+,20-,21?,22-,24+,25+/m0/s1. The van der Waals surface area contributed by atoms with Crippen molar-refractivity contribution >= 4 is 5.91 Å². The Bertz CT molecular complexity index is 883. The average molecular weight is 642 g/mol. The fourth-order valence-corrected chi connectivity index (χ4v) is 5.54. The molecule has 0 radical (unpaired) electrons. The van der Waals surface area contributed by atoms with Gasteiger partial charge in [0.2, 0.25) is 5.91 Å². The van der Waals surface area contributed by atoms with E-state index in [9.17, 15) is 35.4 Å². The molecule has 19 nitrogen and oxygen atoms in total. The predicted molar refractivity (Wildman–Crippen MR) is 151 cm³/mol. The molecule has 3 aliphatic rings. The molecule has 1 aliphatic carbocycles. The summed E-state index contributed by atoms with van der Waals surface area (Å²) < 4.78 is 23.4. The van der Waals surface area contributed by atoms with Gasteiger partial charge in [0.1, 0.15) is 42.7 Å². The first-order chi connectivity index (χ1) is 20.8. The van der Waals surface area contributed by atoms with Crippen LogP contribution in [0.1, 0.15) is 19.3 Å². The molecule has 3 fully saturated rings. The van der Waals surface area contributed by atoms with E-state index in [0.717, 1.165) is 0 Å². The summed E-state index contributed by atoms with van der Waals surface area (Å²) in [6.45, 7) is -0.445. The fraction of sp³-hybridized carbons (Fsp3) is 0.960. The van der Waals surface area contributed by atoms with E-state index in [4.69, 9.17) is 52.7 Å². The van der Waals surface area contributed by atoms with Gasteiger partial charge < -0.3 is 94.0 Å². The molecule has 44 heavy (non-hydrogen) atoms. The molecule has 1 saturated carbocycles. The number of ether oxygens (including phenoxy) is 4. The highest BCUT2D eigenvalue weighted by molar-refractivity contribution is 5.80. The van der Waals surface area contributed by atoms with Crippen LogP contribution in [0.5, 0.6) is 0 Å². The number of aliphatic hydroxyl groups is 7. The maximum Gasteiger partial charge on any atom is 0.249 e. The van der Waals surface area contributed by atoms with E-state index < -0.39 is 110 Å². The Balaban J connectivity index is 1.79. The Morgan fingerprint density at radius 2 is 1.57 bits per heavy atom. The Morgan fingerprint density at radius 3 is 2.20 bits per heavy atom. The lowest BCUT2D eigenvalue weighted by Gasteiger charge is -2.48. The number of hydrogen-bond donors (Lipinski definition) is 14. The first kappa shape index (κ1) is 37.2. The molecule has 0 spiro atoms. The highest BCUT2D eigenvalue weighted by atomic mass is 16.7. The van der Waals surface area contributed by atoms with Crippen molar-refractivity contribution in [3.05, 3.63) is 0 Å². The minimum Gasteiger partial charge on any atom is -0.395 e. The molecule has 258 valence electrons. The lowest BCUT2D eigenvalue weighted by atomic mass is 9.83. The second kappa shape index (κ2) is 17.1. The van der Waals surface area contributed by atoms with Crippen molar-refractivity contribution in [3.63, 3.8) is 0 Å². The third-order valence-electron chi connectivity index (χ3n) is 8.20. The van der Waals surface area contributed by atoms with E-state index in [-0.39, 0.29) is 45.5 Å². The first-order valence-corrected chi connectivity index (χ1v) is 14.8. The number of carbonyl (C=O) groups is 1. The molecule has 1 amide bonds. The van der Waals surface area contributed by atoms with Crippen LogP contribution in [0, 0.1) is 0 Å². The summed E-state index contributed by atoms with van der Waals surface area (Å²) in [7, 11) is 0. The summed E-state index contributed by atoms with van der Waals surface area (Å²) in [6.07, 6.45) is -14.3. The predicted octanol–water partition coefficient (Wildman–Crippen LogP) is -8.48. The quantitative estimate of drug-likeness (QED) is 0.0836. The average Bonchev–Trinajstić information content (AvgIpc) is 2.98. The lowest BCUT2D eigenvalue weighted by Crippen LogP contribution is -2.69. The minimum absolute atomic E-state index is 0.0310. The number of aliphatic hydroxyl groups excluding tert-OH is 7. The molecule has 19 heteroatoms. The number of nitrogens with two attached hydrogens (primary N) is 5. The molecule has 2 heterocycles. The van der Waals surface area contributed by atoms with E-state index >= 15 is 0 Å². The molecule has 2 unspecified atom stereocenters. The van der Waals surface area contributed by atoms with Crippen molar-refractivity contribution in [1.82, 2.24) is 10.6 Å². The SMILES string of the molecule is NCC[C@H](O)C(=O)N[C@@H]1C[C@H](N)C(O[C@H]2O[C@H](CNCC(N)CO)[C@@H](O)C[C@H]2N)[C@H](O)[C@H]1O[C@H]1O[C@H](CO)[C@@H](O)[C@H](N)[C@H]1O. The van der Waals surface area contributed by atoms with Gasteiger partial charge in [-0.25, -0.2) is 0 Å². The zero-order chi connectivity index (χ0) is 32.7. The Kier molecular flexibility index (Phi) is 14.5. The molecular weight excluding hydrogens is 590 g/mol. The number of amides is 1. The zero-order valence-corrected chi connectivity index (χ0v) is 24.5. The van der Waals surface area contributed by atoms with Crippen molar-refractivity contribution in [1.29, 1.82) is 0 Å². The van der Waals surface area contributed by atoms with Crippen LogP contribution in [0.25, 0.3) is 0 Å². The van der Waals surface area contributed by atoms with Crippen LogP contribution in [-0.4, -0.2) is 172 Å². The number of carbonyl (C=O) groups excluding carboxylic acids is 1. The van der Waals surface area contributed by atoms with Gasteiger partial charge in [0.05, 0.1) is 43.5 Å². The topological polar surface area (TPSA) is 350 Å². The number of nitrogens with one attached hydrogen (secondary N) is 2. The molecular formula is C25H51N7O12. The van der Waals surface area contributed by atoms with Crippen molar-refractivity contribution in [3.8, 4) is 0 Å². The van der Waals surface area contributed by atoms with Crippen LogP contribution >= 0.6 is 0 Å². The van der Waals surface area contributed by atoms with Crippen LogP contribution in [-0.2, 0) is 23.7 Å². The van der Waals surface area contributed by atoms with E-state index in [1.807, 2.05) is 0 Å². The Hall–Kier alpha value is -1.21. The summed E-state index contributed by atoms with van der Waals surface area (Å²) in [5.41, 5.74) is 29.7. The van der Waals surface area contributed by atoms with Gasteiger partial charge in [0, 0.05) is 25.2 Å². The van der Waals surface area contributed by atoms with Gasteiger partial charge in [-0.15, -0.1) is 0 Å². The van der Waals surface area contributed by atoms with E-state index in [1.54, 1.807) is 0 Å². The first-order valence-electron chi connectivity index (χ1n) is 14.8. The fourth-order valence-electron chi connectivity index (χ4n) is 5.54. The molecule has 0 aromatic carbocycles.